The lowest BCUT2D eigenvalue weighted by atomic mass is 9.39. The SMILES string of the molecule is Cc1c(-c2ccc(N3CCc4cccc(C(=O)Nc5nc6ccccc6s5)c4C3)nc2C(=O)O)cnn1CC12CC3(C)CC(C)(C1)CC(OCCN(CCS(=O)(=O)O)C(=O)OCc1ccc(NC(=O)[C@H](C)NC(=O)[C@@H](NC(=O)CCCCCN4C(=O)C=CC4=O)C(C)C)cc1)(C3)C2. The highest BCUT2D eigenvalue weighted by Crippen LogP contribution is 2.72. The number of hydrogen-bond donors (Lipinski definition) is 6. The van der Waals surface area contributed by atoms with Gasteiger partial charge in [0.15, 0.2) is 10.8 Å². The fourth-order valence-electron chi connectivity index (χ4n) is 16.0. The van der Waals surface area contributed by atoms with Crippen molar-refractivity contribution < 1.29 is 65.9 Å². The first-order valence-corrected chi connectivity index (χ1v) is 35.3. The van der Waals surface area contributed by atoms with Gasteiger partial charge < -0.3 is 40.3 Å². The Kier molecular flexibility index (Phi) is 20.2. The molecule has 6 aromatic rings. The van der Waals surface area contributed by atoms with E-state index in [1.54, 1.807) is 56.4 Å². The summed E-state index contributed by atoms with van der Waals surface area (Å²) in [5, 5.41) is 27.3. The summed E-state index contributed by atoms with van der Waals surface area (Å²) in [4.78, 5) is 117. The number of aromatic carboxylic acids is 1. The Morgan fingerprint density at radius 1 is 0.794 bits per heavy atom. The van der Waals surface area contributed by atoms with E-state index in [4.69, 9.17) is 19.6 Å². The molecule has 4 bridgehead atoms. The molecule has 7 amide bonds. The summed E-state index contributed by atoms with van der Waals surface area (Å²) in [7, 11) is -4.48. The smallest absolute Gasteiger partial charge is 0.410 e. The van der Waals surface area contributed by atoms with Gasteiger partial charge in [0.25, 0.3) is 27.8 Å². The normalized spacial score (nSPS) is 21.6. The average molecular weight is 1370 g/mol. The van der Waals surface area contributed by atoms with Crippen molar-refractivity contribution in [3.05, 3.63) is 131 Å². The van der Waals surface area contributed by atoms with Crippen molar-refractivity contribution in [1.29, 1.82) is 0 Å². The minimum absolute atomic E-state index is 0.0387. The summed E-state index contributed by atoms with van der Waals surface area (Å²) < 4.78 is 49.5. The number of imide groups is 1. The standard InChI is InChI=1S/C70H83N11O14S2/c1-43(2)59(76-56(82)17-8-7-11-27-80-57(83)24-25-58(80)84)63(87)72-44(3)61(85)73-48-20-18-46(19-21-48)35-94-66(90)78(30-32-97(91,92)93)29-31-95-70-39-67(5)36-68(6,40-70)38-69(37-67,41-70)42-81-45(4)51(33-71-81)49-22-23-55(75-60(49)64(88)89)79-28-26-47-13-12-14-50(52(47)34-79)62(86)77-65-74-53-15-9-10-16-54(53)96-65/h9-10,12-16,18-25,33,43-44,59H,7-8,11,17,26-32,34-42H2,1-6H3,(H,72,87)(H,73,85)(H,76,82)(H,88,89)(H,74,77,86)(H,91,92,93)/t44-,59-,67?,68?,69?,70?/m0/s1. The fraction of sp³-hybridized carbons (Fsp3) is 0.471. The molecular formula is C70H83N11O14S2. The molecule has 514 valence electrons. The van der Waals surface area contributed by atoms with Crippen LogP contribution in [0.4, 0.5) is 21.4 Å². The van der Waals surface area contributed by atoms with Crippen LogP contribution in [-0.2, 0) is 69.7 Å². The van der Waals surface area contributed by atoms with Gasteiger partial charge in [0, 0.05) is 85.9 Å². The minimum Gasteiger partial charge on any atom is -0.476 e. The molecule has 3 aromatic heterocycles. The van der Waals surface area contributed by atoms with Crippen LogP contribution in [0.5, 0.6) is 0 Å². The fourth-order valence-corrected chi connectivity index (χ4v) is 17.3. The second-order valence-electron chi connectivity index (χ2n) is 27.9. The summed E-state index contributed by atoms with van der Waals surface area (Å²) in [5.74, 6) is -4.17. The second kappa shape index (κ2) is 28.3. The number of anilines is 3. The number of carboxylic acid groups (broad SMARTS) is 1. The van der Waals surface area contributed by atoms with E-state index in [-0.39, 0.29) is 90.8 Å². The van der Waals surface area contributed by atoms with Crippen molar-refractivity contribution in [3.8, 4) is 11.1 Å². The van der Waals surface area contributed by atoms with Crippen LogP contribution < -0.4 is 26.2 Å². The van der Waals surface area contributed by atoms with E-state index in [0.717, 1.165) is 64.0 Å². The van der Waals surface area contributed by atoms with Gasteiger partial charge in [-0.05, 0) is 153 Å². The first-order chi connectivity index (χ1) is 46.1. The first kappa shape index (κ1) is 69.4. The molecule has 6 aliphatic rings. The van der Waals surface area contributed by atoms with Crippen LogP contribution in [-0.4, -0.2) is 151 Å². The molecule has 27 heteroatoms. The number of carboxylic acids is 1. The number of nitrogens with zero attached hydrogens (tertiary/aromatic N) is 7. The lowest BCUT2D eigenvalue weighted by Gasteiger charge is -2.69. The first-order valence-electron chi connectivity index (χ1n) is 32.9. The number of fused-ring (bicyclic) bond motifs is 2. The summed E-state index contributed by atoms with van der Waals surface area (Å²) in [6, 6.07) is 21.5. The molecule has 4 atom stereocenters. The molecule has 0 radical (unpaired) electrons. The van der Waals surface area contributed by atoms with Crippen molar-refractivity contribution in [2.24, 2.45) is 22.2 Å². The van der Waals surface area contributed by atoms with Crippen LogP contribution in [0, 0.1) is 29.1 Å². The topological polar surface area (TPSA) is 331 Å². The summed E-state index contributed by atoms with van der Waals surface area (Å²) in [6.45, 7) is 12.7. The van der Waals surface area contributed by atoms with E-state index in [2.05, 4.69) is 40.1 Å². The Labute approximate surface area is 566 Å². The van der Waals surface area contributed by atoms with Crippen LogP contribution >= 0.6 is 11.3 Å². The van der Waals surface area contributed by atoms with Crippen LogP contribution in [0.1, 0.15) is 142 Å². The maximum atomic E-state index is 13.8. The second-order valence-corrected chi connectivity index (χ2v) is 30.5. The molecule has 3 aromatic carbocycles. The van der Waals surface area contributed by atoms with Gasteiger partial charge in [-0.2, -0.15) is 13.5 Å². The molecule has 5 heterocycles. The van der Waals surface area contributed by atoms with Gasteiger partial charge in [0.05, 0.1) is 34.4 Å². The van der Waals surface area contributed by atoms with Crippen molar-refractivity contribution in [3.63, 3.8) is 0 Å². The third-order valence-corrected chi connectivity index (χ3v) is 21.1. The zero-order valence-corrected chi connectivity index (χ0v) is 57.0. The van der Waals surface area contributed by atoms with Crippen LogP contribution in [0.15, 0.2) is 97.2 Å². The summed E-state index contributed by atoms with van der Waals surface area (Å²) in [6.07, 6.45) is 10.7. The van der Waals surface area contributed by atoms with E-state index in [1.165, 1.54) is 35.3 Å². The number of pyridine rings is 1. The molecule has 0 saturated heterocycles. The largest absolute Gasteiger partial charge is 0.476 e. The molecule has 6 N–H and O–H groups in total. The highest BCUT2D eigenvalue weighted by atomic mass is 32.2. The molecule has 97 heavy (non-hydrogen) atoms. The van der Waals surface area contributed by atoms with Gasteiger partial charge >= 0.3 is 12.1 Å². The van der Waals surface area contributed by atoms with Gasteiger partial charge in [-0.3, -0.25) is 48.2 Å². The van der Waals surface area contributed by atoms with Crippen molar-refractivity contribution in [2.75, 3.05) is 54.1 Å². The molecule has 25 nitrogen and oxygen atoms in total. The molecule has 12 rings (SSSR count). The highest BCUT2D eigenvalue weighted by Gasteiger charge is 2.66. The number of benzene rings is 3. The summed E-state index contributed by atoms with van der Waals surface area (Å²) in [5.41, 5.74) is 4.80. The third-order valence-electron chi connectivity index (χ3n) is 19.4. The molecule has 0 spiro atoms. The number of unbranched alkanes of at least 4 members (excludes halogenated alkanes) is 2. The predicted octanol–water partition coefficient (Wildman–Crippen LogP) is 9.11. The Morgan fingerprint density at radius 2 is 1.53 bits per heavy atom. The Morgan fingerprint density at radius 3 is 2.23 bits per heavy atom. The van der Waals surface area contributed by atoms with Crippen molar-refractivity contribution in [1.82, 2.24) is 40.2 Å². The van der Waals surface area contributed by atoms with E-state index >= 15 is 0 Å². The Balaban J connectivity index is 0.682. The van der Waals surface area contributed by atoms with Crippen LogP contribution in [0.2, 0.25) is 0 Å². The number of thiazole rings is 1. The monoisotopic (exact) mass is 1370 g/mol. The molecule has 2 unspecified atom stereocenters. The van der Waals surface area contributed by atoms with Crippen LogP contribution in [0.25, 0.3) is 21.3 Å². The zero-order chi connectivity index (χ0) is 69.2. The van der Waals surface area contributed by atoms with Gasteiger partial charge in [-0.15, -0.1) is 0 Å². The Bertz CT molecular complexity index is 4140. The minimum atomic E-state index is -4.48. The lowest BCUT2D eigenvalue weighted by molar-refractivity contribution is -0.248. The van der Waals surface area contributed by atoms with E-state index in [0.29, 0.717) is 90.6 Å². The Hall–Kier alpha value is -8.92. The molecular weight excluding hydrogens is 1280 g/mol. The van der Waals surface area contributed by atoms with Crippen LogP contribution in [0.3, 0.4) is 0 Å². The van der Waals surface area contributed by atoms with Gasteiger partial charge in [0.1, 0.15) is 24.5 Å². The zero-order valence-electron chi connectivity index (χ0n) is 55.4. The maximum Gasteiger partial charge on any atom is 0.410 e. The van der Waals surface area contributed by atoms with Crippen molar-refractivity contribution in [2.45, 2.75) is 150 Å². The van der Waals surface area contributed by atoms with Gasteiger partial charge in [-0.25, -0.2) is 19.6 Å². The number of carbonyl (C=O) groups excluding carboxylic acids is 7. The number of para-hydroxylation sites is 1. The maximum absolute atomic E-state index is 13.8. The number of nitrogens with one attached hydrogen (secondary N) is 4. The number of ether oxygens (including phenoxy) is 2. The van der Waals surface area contributed by atoms with E-state index in [9.17, 15) is 56.4 Å². The third kappa shape index (κ3) is 16.2. The number of aromatic nitrogens is 4. The van der Waals surface area contributed by atoms with Gasteiger partial charge in [-0.1, -0.05) is 81.9 Å². The molecule has 4 aliphatic carbocycles. The van der Waals surface area contributed by atoms with E-state index < -0.39 is 57.4 Å². The molecule has 2 aliphatic heterocycles. The quantitative estimate of drug-likeness (QED) is 0.0151. The van der Waals surface area contributed by atoms with E-state index in [1.807, 2.05) is 59.0 Å². The number of carbonyl (C=O) groups is 8. The number of amides is 7. The number of hydrogen-bond acceptors (Lipinski definition) is 17. The highest BCUT2D eigenvalue weighted by molar-refractivity contribution is 7.85. The average Bonchev–Trinajstić information content (AvgIpc) is 0.719. The summed E-state index contributed by atoms with van der Waals surface area (Å²) >= 11 is 1.40. The number of rotatable bonds is 28. The molecule has 4 saturated carbocycles. The van der Waals surface area contributed by atoms with Crippen molar-refractivity contribution >= 4 is 95.8 Å². The van der Waals surface area contributed by atoms with Gasteiger partial charge in [0.2, 0.25) is 17.7 Å². The predicted molar refractivity (Wildman–Crippen MR) is 363 cm³/mol. The lowest BCUT2D eigenvalue weighted by Crippen LogP contribution is -2.64. The molecule has 4 fully saturated rings.